The third kappa shape index (κ3) is 6.60. The van der Waals surface area contributed by atoms with E-state index in [1.807, 2.05) is 37.3 Å². The summed E-state index contributed by atoms with van der Waals surface area (Å²) in [4.78, 5) is 22.3. The average Bonchev–Trinajstić information content (AvgIpc) is 2.28. The average molecular weight is 263 g/mol. The van der Waals surface area contributed by atoms with E-state index >= 15 is 0 Å². The van der Waals surface area contributed by atoms with Gasteiger partial charge in [0.2, 0.25) is 5.91 Å². The van der Waals surface area contributed by atoms with Crippen LogP contribution in [0.5, 0.6) is 0 Å². The van der Waals surface area contributed by atoms with E-state index in [0.717, 1.165) is 6.42 Å². The van der Waals surface area contributed by atoms with Crippen LogP contribution >= 0.6 is 0 Å². The van der Waals surface area contributed by atoms with Crippen LogP contribution in [0.1, 0.15) is 32.3 Å². The molecule has 1 amide bonds. The van der Waals surface area contributed by atoms with E-state index in [0.29, 0.717) is 0 Å². The van der Waals surface area contributed by atoms with Crippen molar-refractivity contribution in [3.8, 4) is 0 Å². The zero-order chi connectivity index (χ0) is 14.3. The Labute approximate surface area is 113 Å². The van der Waals surface area contributed by atoms with E-state index in [4.69, 9.17) is 5.11 Å². The molecule has 19 heavy (non-hydrogen) atoms. The normalized spacial score (nSPS) is 13.6. The quantitative estimate of drug-likeness (QED) is 0.792. The summed E-state index contributed by atoms with van der Waals surface area (Å²) >= 11 is 0. The molecule has 0 heterocycles. The first-order chi connectivity index (χ1) is 8.97. The second kappa shape index (κ2) is 7.56. The van der Waals surface area contributed by atoms with Gasteiger partial charge in [-0.2, -0.15) is 0 Å². The number of hydrogen-bond acceptors (Lipinski definition) is 2. The van der Waals surface area contributed by atoms with Crippen LogP contribution in [0.3, 0.4) is 0 Å². The predicted octanol–water partition coefficient (Wildman–Crippen LogP) is 2.23. The summed E-state index contributed by atoms with van der Waals surface area (Å²) in [5.74, 6) is -1.09. The van der Waals surface area contributed by atoms with Crippen molar-refractivity contribution < 1.29 is 14.7 Å². The number of carbonyl (C=O) groups is 2. The highest BCUT2D eigenvalue weighted by atomic mass is 16.4. The Hall–Kier alpha value is -1.84. The molecule has 4 heteroatoms. The molecule has 1 rings (SSSR count). The van der Waals surface area contributed by atoms with Gasteiger partial charge in [-0.3, -0.25) is 9.59 Å². The van der Waals surface area contributed by atoms with Gasteiger partial charge in [0.1, 0.15) is 0 Å². The molecule has 1 aromatic rings. The van der Waals surface area contributed by atoms with Gasteiger partial charge in [0.25, 0.3) is 0 Å². The molecule has 0 saturated carbocycles. The van der Waals surface area contributed by atoms with Crippen molar-refractivity contribution in [2.24, 2.45) is 5.92 Å². The number of benzene rings is 1. The SMILES string of the molecule is CC(CC(=O)O)CC(=O)NC(C)Cc1ccccc1. The van der Waals surface area contributed by atoms with Crippen molar-refractivity contribution in [1.82, 2.24) is 5.32 Å². The molecule has 0 radical (unpaired) electrons. The fourth-order valence-corrected chi connectivity index (χ4v) is 2.04. The predicted molar refractivity (Wildman–Crippen MR) is 73.8 cm³/mol. The van der Waals surface area contributed by atoms with Crippen LogP contribution in [0, 0.1) is 5.92 Å². The van der Waals surface area contributed by atoms with Crippen molar-refractivity contribution in [2.45, 2.75) is 39.2 Å². The monoisotopic (exact) mass is 263 g/mol. The lowest BCUT2D eigenvalue weighted by Gasteiger charge is -2.15. The number of carboxylic acids is 1. The second-order valence-corrected chi connectivity index (χ2v) is 5.07. The number of carbonyl (C=O) groups excluding carboxylic acids is 1. The minimum Gasteiger partial charge on any atom is -0.481 e. The maximum absolute atomic E-state index is 11.7. The first-order valence-electron chi connectivity index (χ1n) is 6.52. The second-order valence-electron chi connectivity index (χ2n) is 5.07. The lowest BCUT2D eigenvalue weighted by molar-refractivity contribution is -0.138. The summed E-state index contributed by atoms with van der Waals surface area (Å²) in [6, 6.07) is 10.00. The number of nitrogens with one attached hydrogen (secondary N) is 1. The van der Waals surface area contributed by atoms with Crippen molar-refractivity contribution in [2.75, 3.05) is 0 Å². The Morgan fingerprint density at radius 2 is 1.79 bits per heavy atom. The zero-order valence-corrected chi connectivity index (χ0v) is 11.4. The first kappa shape index (κ1) is 15.2. The van der Waals surface area contributed by atoms with Gasteiger partial charge >= 0.3 is 5.97 Å². The summed E-state index contributed by atoms with van der Waals surface area (Å²) in [6.45, 7) is 3.72. The van der Waals surface area contributed by atoms with Crippen LogP contribution in [0.25, 0.3) is 0 Å². The van der Waals surface area contributed by atoms with Gasteiger partial charge in [-0.15, -0.1) is 0 Å². The lowest BCUT2D eigenvalue weighted by atomic mass is 10.0. The van der Waals surface area contributed by atoms with Gasteiger partial charge in [0, 0.05) is 18.9 Å². The third-order valence-corrected chi connectivity index (χ3v) is 2.85. The summed E-state index contributed by atoms with van der Waals surface area (Å²) in [5.41, 5.74) is 1.17. The molecule has 0 saturated heterocycles. The summed E-state index contributed by atoms with van der Waals surface area (Å²) < 4.78 is 0. The van der Waals surface area contributed by atoms with Crippen LogP contribution in [-0.4, -0.2) is 23.0 Å². The van der Waals surface area contributed by atoms with E-state index in [2.05, 4.69) is 5.32 Å². The topological polar surface area (TPSA) is 66.4 Å². The minimum atomic E-state index is -0.863. The Bertz CT molecular complexity index is 417. The zero-order valence-electron chi connectivity index (χ0n) is 11.4. The van der Waals surface area contributed by atoms with Crippen LogP contribution < -0.4 is 5.32 Å². The molecule has 0 aromatic heterocycles. The number of hydrogen-bond donors (Lipinski definition) is 2. The highest BCUT2D eigenvalue weighted by Gasteiger charge is 2.14. The Morgan fingerprint density at radius 1 is 1.16 bits per heavy atom. The van der Waals surface area contributed by atoms with Gasteiger partial charge in [0.05, 0.1) is 0 Å². The van der Waals surface area contributed by atoms with E-state index in [9.17, 15) is 9.59 Å². The van der Waals surface area contributed by atoms with Gasteiger partial charge in [-0.25, -0.2) is 0 Å². The van der Waals surface area contributed by atoms with Crippen molar-refractivity contribution in [1.29, 1.82) is 0 Å². The molecular weight excluding hydrogens is 242 g/mol. The Kier molecular flexibility index (Phi) is 6.06. The highest BCUT2D eigenvalue weighted by molar-refractivity contribution is 5.77. The fourth-order valence-electron chi connectivity index (χ4n) is 2.04. The van der Waals surface area contributed by atoms with Crippen molar-refractivity contribution >= 4 is 11.9 Å². The summed E-state index contributed by atoms with van der Waals surface area (Å²) in [7, 11) is 0. The van der Waals surface area contributed by atoms with Crippen molar-refractivity contribution in [3.63, 3.8) is 0 Å². The number of amides is 1. The number of carboxylic acid groups (broad SMARTS) is 1. The number of rotatable bonds is 7. The molecule has 0 aliphatic carbocycles. The van der Waals surface area contributed by atoms with Crippen LogP contribution in [-0.2, 0) is 16.0 Å². The molecule has 2 N–H and O–H groups in total. The van der Waals surface area contributed by atoms with Gasteiger partial charge in [-0.05, 0) is 24.8 Å². The van der Waals surface area contributed by atoms with Crippen molar-refractivity contribution in [3.05, 3.63) is 35.9 Å². The summed E-state index contributed by atoms with van der Waals surface area (Å²) in [6.07, 6.45) is 1.06. The van der Waals surface area contributed by atoms with E-state index in [1.54, 1.807) is 6.92 Å². The Morgan fingerprint density at radius 3 is 2.37 bits per heavy atom. The molecular formula is C15H21NO3. The van der Waals surface area contributed by atoms with E-state index in [1.165, 1.54) is 5.56 Å². The molecule has 2 unspecified atom stereocenters. The van der Waals surface area contributed by atoms with Crippen LogP contribution in [0.2, 0.25) is 0 Å². The van der Waals surface area contributed by atoms with Crippen LogP contribution in [0.15, 0.2) is 30.3 Å². The molecule has 0 aliphatic rings. The molecule has 1 aromatic carbocycles. The van der Waals surface area contributed by atoms with E-state index < -0.39 is 5.97 Å². The standard InChI is InChI=1S/C15H21NO3/c1-11(9-15(18)19)8-14(17)16-12(2)10-13-6-4-3-5-7-13/h3-7,11-12H,8-10H2,1-2H3,(H,16,17)(H,18,19). The largest absolute Gasteiger partial charge is 0.481 e. The van der Waals surface area contributed by atoms with Gasteiger partial charge in [0.15, 0.2) is 0 Å². The molecule has 104 valence electrons. The van der Waals surface area contributed by atoms with Gasteiger partial charge in [-0.1, -0.05) is 37.3 Å². The molecule has 0 fully saturated rings. The molecule has 4 nitrogen and oxygen atoms in total. The third-order valence-electron chi connectivity index (χ3n) is 2.85. The maximum atomic E-state index is 11.7. The minimum absolute atomic E-state index is 0.0283. The Balaban J connectivity index is 2.34. The molecule has 2 atom stereocenters. The summed E-state index contributed by atoms with van der Waals surface area (Å²) in [5, 5.41) is 11.5. The highest BCUT2D eigenvalue weighted by Crippen LogP contribution is 2.08. The molecule has 0 bridgehead atoms. The maximum Gasteiger partial charge on any atom is 0.303 e. The number of aliphatic carboxylic acids is 1. The smallest absolute Gasteiger partial charge is 0.303 e. The fraction of sp³-hybridized carbons (Fsp3) is 0.467. The molecule has 0 spiro atoms. The lowest BCUT2D eigenvalue weighted by Crippen LogP contribution is -2.35. The first-order valence-corrected chi connectivity index (χ1v) is 6.52. The molecule has 0 aliphatic heterocycles. The van der Waals surface area contributed by atoms with Crippen LogP contribution in [0.4, 0.5) is 0 Å². The van der Waals surface area contributed by atoms with Gasteiger partial charge < -0.3 is 10.4 Å². The van der Waals surface area contributed by atoms with E-state index in [-0.39, 0.29) is 30.7 Å².